The van der Waals surface area contributed by atoms with Crippen LogP contribution in [0, 0.1) is 29.5 Å². The van der Waals surface area contributed by atoms with E-state index >= 15 is 0 Å². The summed E-state index contributed by atoms with van der Waals surface area (Å²) < 4.78 is 24.9. The van der Waals surface area contributed by atoms with Gasteiger partial charge >= 0.3 is 0 Å². The minimum absolute atomic E-state index is 0.0279. The number of benzene rings is 1. The Balaban J connectivity index is 0.997. The van der Waals surface area contributed by atoms with Crippen LogP contribution in [0.2, 0.25) is 0 Å². The number of fused-ring (bicyclic) bond motifs is 2. The second kappa shape index (κ2) is 7.63. The molecule has 2 bridgehead atoms. The number of aromatic nitrogens is 1. The molecule has 1 aromatic heterocycles. The summed E-state index contributed by atoms with van der Waals surface area (Å²) in [6.07, 6.45) is 6.05. The Bertz CT molecular complexity index is 1140. The van der Waals surface area contributed by atoms with Gasteiger partial charge in [-0.3, -0.25) is 14.6 Å². The molecule has 7 rings (SSSR count). The molecule has 3 atom stereocenters. The third-order valence-corrected chi connectivity index (χ3v) is 8.51. The average molecular weight is 468 g/mol. The van der Waals surface area contributed by atoms with Gasteiger partial charge in [0, 0.05) is 35.7 Å². The molecule has 5 fully saturated rings. The van der Waals surface area contributed by atoms with Crippen LogP contribution in [0.1, 0.15) is 39.0 Å². The number of ether oxygens (including phenoxy) is 2. The molecule has 0 aliphatic heterocycles. The van der Waals surface area contributed by atoms with Gasteiger partial charge in [-0.05, 0) is 74.1 Å². The molecule has 34 heavy (non-hydrogen) atoms. The highest BCUT2D eigenvalue weighted by atomic mass is 19.1. The lowest BCUT2D eigenvalue weighted by Gasteiger charge is -2.70. The van der Waals surface area contributed by atoms with Gasteiger partial charge in [0.25, 0.3) is 0 Å². The normalized spacial score (nSPS) is 35.5. The van der Waals surface area contributed by atoms with Gasteiger partial charge in [-0.1, -0.05) is 6.92 Å². The molecular formula is C26H30FN3O4. The van der Waals surface area contributed by atoms with Crippen LogP contribution in [0.3, 0.4) is 0 Å². The van der Waals surface area contributed by atoms with Crippen molar-refractivity contribution < 1.29 is 23.5 Å². The first-order valence-electron chi connectivity index (χ1n) is 12.1. The predicted molar refractivity (Wildman–Crippen MR) is 122 cm³/mol. The predicted octanol–water partition coefficient (Wildman–Crippen LogP) is 2.97. The Morgan fingerprint density at radius 1 is 1.15 bits per heavy atom. The molecule has 2 N–H and O–H groups in total. The van der Waals surface area contributed by atoms with Crippen molar-refractivity contribution in [1.82, 2.24) is 15.6 Å². The van der Waals surface area contributed by atoms with Crippen molar-refractivity contribution in [3.63, 3.8) is 0 Å². The molecule has 1 aromatic carbocycles. The molecule has 5 saturated carbocycles. The molecule has 180 valence electrons. The van der Waals surface area contributed by atoms with Crippen molar-refractivity contribution in [2.24, 2.45) is 23.7 Å². The number of carbonyl (C=O) groups is 2. The van der Waals surface area contributed by atoms with E-state index in [1.54, 1.807) is 18.3 Å². The number of methoxy groups -OCH3 is 1. The van der Waals surface area contributed by atoms with Crippen LogP contribution in [0.4, 0.5) is 4.39 Å². The van der Waals surface area contributed by atoms with Gasteiger partial charge in [0.15, 0.2) is 0 Å². The smallest absolute Gasteiger partial charge is 0.246 e. The Labute approximate surface area is 197 Å². The molecule has 1 heterocycles. The van der Waals surface area contributed by atoms with Crippen molar-refractivity contribution in [2.45, 2.75) is 56.2 Å². The Hall–Kier alpha value is -2.74. The number of rotatable bonds is 8. The van der Waals surface area contributed by atoms with Gasteiger partial charge in [0.1, 0.15) is 18.2 Å². The first-order chi connectivity index (χ1) is 16.3. The zero-order valence-electron chi connectivity index (χ0n) is 19.5. The summed E-state index contributed by atoms with van der Waals surface area (Å²) in [5.41, 5.74) is 0.435. The van der Waals surface area contributed by atoms with Crippen molar-refractivity contribution in [3.05, 3.63) is 36.3 Å². The van der Waals surface area contributed by atoms with E-state index < -0.39 is 0 Å². The van der Waals surface area contributed by atoms with Crippen LogP contribution in [-0.4, -0.2) is 47.7 Å². The number of hydrogen-bond donors (Lipinski definition) is 2. The van der Waals surface area contributed by atoms with Gasteiger partial charge < -0.3 is 20.1 Å². The Kier molecular flexibility index (Phi) is 4.89. The van der Waals surface area contributed by atoms with E-state index in [1.165, 1.54) is 19.2 Å². The zero-order chi connectivity index (χ0) is 23.7. The van der Waals surface area contributed by atoms with E-state index in [1.807, 2.05) is 6.92 Å². The summed E-state index contributed by atoms with van der Waals surface area (Å²) >= 11 is 0. The number of halogens is 1. The molecule has 2 aromatic rings. The number of nitrogens with one attached hydrogen (secondary N) is 2. The molecule has 0 saturated heterocycles. The third kappa shape index (κ3) is 3.54. The maximum Gasteiger partial charge on any atom is 0.246 e. The molecule has 8 heteroatoms. The average Bonchev–Trinajstić information content (AvgIpc) is 3.25. The number of hydrogen-bond acceptors (Lipinski definition) is 5. The summed E-state index contributed by atoms with van der Waals surface area (Å²) in [6, 6.07) is 6.35. The van der Waals surface area contributed by atoms with Crippen LogP contribution in [0.15, 0.2) is 30.5 Å². The largest absolute Gasteiger partial charge is 0.490 e. The maximum absolute atomic E-state index is 13.7. The quantitative estimate of drug-likeness (QED) is 0.623. The molecular weight excluding hydrogens is 437 g/mol. The fraction of sp³-hybridized carbons (Fsp3) is 0.577. The van der Waals surface area contributed by atoms with E-state index in [0.717, 1.165) is 37.6 Å². The van der Waals surface area contributed by atoms with E-state index in [2.05, 4.69) is 15.6 Å². The molecule has 5 aliphatic rings. The topological polar surface area (TPSA) is 89.6 Å². The highest BCUT2D eigenvalue weighted by Crippen LogP contribution is 2.63. The molecule has 2 amide bonds. The lowest BCUT2D eigenvalue weighted by atomic mass is 9.44. The number of nitrogens with zero attached hydrogens (tertiary/aromatic N) is 1. The third-order valence-electron chi connectivity index (χ3n) is 8.51. The van der Waals surface area contributed by atoms with E-state index in [0.29, 0.717) is 28.9 Å². The summed E-state index contributed by atoms with van der Waals surface area (Å²) in [7, 11) is 1.51. The van der Waals surface area contributed by atoms with Crippen molar-refractivity contribution >= 4 is 22.7 Å². The van der Waals surface area contributed by atoms with Gasteiger partial charge in [-0.2, -0.15) is 0 Å². The summed E-state index contributed by atoms with van der Waals surface area (Å²) in [5, 5.41) is 7.02. The minimum Gasteiger partial charge on any atom is -0.490 e. The van der Waals surface area contributed by atoms with Crippen LogP contribution in [0.25, 0.3) is 10.9 Å². The number of amides is 2. The highest BCUT2D eigenvalue weighted by Gasteiger charge is 2.70. The highest BCUT2D eigenvalue weighted by molar-refractivity contribution is 5.85. The lowest BCUT2D eigenvalue weighted by Crippen LogP contribution is -2.84. The number of carbonyl (C=O) groups excluding carboxylic acids is 2. The van der Waals surface area contributed by atoms with Crippen molar-refractivity contribution in [3.8, 4) is 5.75 Å². The fourth-order valence-corrected chi connectivity index (χ4v) is 7.12. The van der Waals surface area contributed by atoms with Crippen LogP contribution in [0.5, 0.6) is 5.75 Å². The number of pyridine rings is 1. The molecule has 7 nitrogen and oxygen atoms in total. The second-order valence-corrected chi connectivity index (χ2v) is 10.9. The Morgan fingerprint density at radius 3 is 2.56 bits per heavy atom. The minimum atomic E-state index is -0.300. The summed E-state index contributed by atoms with van der Waals surface area (Å²) in [4.78, 5) is 29.1. The van der Waals surface area contributed by atoms with Crippen LogP contribution in [-0.2, 0) is 14.3 Å². The van der Waals surface area contributed by atoms with Gasteiger partial charge in [0.2, 0.25) is 11.8 Å². The molecule has 3 unspecified atom stereocenters. The monoisotopic (exact) mass is 467 g/mol. The zero-order valence-corrected chi connectivity index (χ0v) is 19.5. The van der Waals surface area contributed by atoms with Gasteiger partial charge in [0.05, 0.1) is 11.6 Å². The van der Waals surface area contributed by atoms with Crippen LogP contribution < -0.4 is 15.4 Å². The van der Waals surface area contributed by atoms with E-state index in [9.17, 15) is 14.0 Å². The second-order valence-electron chi connectivity index (χ2n) is 10.9. The maximum atomic E-state index is 13.7. The van der Waals surface area contributed by atoms with E-state index in [4.69, 9.17) is 9.47 Å². The molecule has 0 spiro atoms. The SMILES string of the molecule is COCC(=O)NC12CC(NC(=O)C(C)C3C4CC(Oc5ccnc6ccc(F)cc56)CC43)(C1)C2. The first-order valence-corrected chi connectivity index (χ1v) is 12.1. The molecule has 0 radical (unpaired) electrons. The summed E-state index contributed by atoms with van der Waals surface area (Å²) in [6.45, 7) is 2.11. The van der Waals surface area contributed by atoms with E-state index in [-0.39, 0.29) is 47.3 Å². The molecule has 5 aliphatic carbocycles. The van der Waals surface area contributed by atoms with Crippen molar-refractivity contribution in [2.75, 3.05) is 13.7 Å². The van der Waals surface area contributed by atoms with Crippen LogP contribution >= 0.6 is 0 Å². The van der Waals surface area contributed by atoms with Gasteiger partial charge in [-0.15, -0.1) is 0 Å². The lowest BCUT2D eigenvalue weighted by molar-refractivity contribution is -0.153. The summed E-state index contributed by atoms with van der Waals surface area (Å²) in [5.74, 6) is 1.78. The Morgan fingerprint density at radius 2 is 1.85 bits per heavy atom. The van der Waals surface area contributed by atoms with Gasteiger partial charge in [-0.25, -0.2) is 4.39 Å². The van der Waals surface area contributed by atoms with Crippen molar-refractivity contribution in [1.29, 1.82) is 0 Å². The first kappa shape index (κ1) is 21.8. The fourth-order valence-electron chi connectivity index (χ4n) is 7.12. The standard InChI is InChI=1S/C26H30FN3O4/c1-14(24(32)30-26-11-25(12-26,13-26)29-22(31)10-33-2)23-17-8-16(9-18(17)23)34-21-5-6-28-20-4-3-15(27)7-19(20)21/h3-7,14,16-18,23H,8-13H2,1-2H3,(H,29,31)(H,30,32).